The van der Waals surface area contributed by atoms with Gasteiger partial charge in [0.1, 0.15) is 13.2 Å². The van der Waals surface area contributed by atoms with Crippen LogP contribution in [0.2, 0.25) is 0 Å². The predicted octanol–water partition coefficient (Wildman–Crippen LogP) is 21.2. The van der Waals surface area contributed by atoms with E-state index in [9.17, 15) is 19.4 Å². The first-order chi connectivity index (χ1) is 40.0. The minimum absolute atomic E-state index is 0.0475. The van der Waals surface area contributed by atoms with Crippen LogP contribution in [-0.4, -0.2) is 73.4 Å². The number of aliphatic hydroxyl groups excluding tert-OH is 1. The average molecular weight is 1160 g/mol. The smallest absolute Gasteiger partial charge is 0.387 e. The third-order valence-corrected chi connectivity index (χ3v) is 15.0. The van der Waals surface area contributed by atoms with Crippen molar-refractivity contribution in [1.29, 1.82) is 0 Å². The molecule has 0 bridgehead atoms. The van der Waals surface area contributed by atoms with Crippen molar-refractivity contribution in [3.8, 4) is 0 Å². The van der Waals surface area contributed by atoms with Crippen LogP contribution in [0.1, 0.15) is 258 Å². The Morgan fingerprint density at radius 1 is 0.427 bits per heavy atom. The normalized spacial score (nSPS) is 14.7. The molecule has 9 heteroatoms. The summed E-state index contributed by atoms with van der Waals surface area (Å²) < 4.78 is 23.7. The molecule has 0 rings (SSSR count). The maximum atomic E-state index is 13.0. The fourth-order valence-electron chi connectivity index (χ4n) is 8.91. The number of hydrogen-bond donors (Lipinski definition) is 3. The number of hydrogen-bond acceptors (Lipinski definition) is 5. The first-order valence-electron chi connectivity index (χ1n) is 33.2. The Morgan fingerprint density at radius 2 is 0.744 bits per heavy atom. The number of amides is 1. The topological polar surface area (TPSA) is 105 Å². The molecule has 0 aromatic carbocycles. The third-order valence-electron chi connectivity index (χ3n) is 14.0. The molecule has 0 fully saturated rings. The number of carbonyl (C=O) groups excluding carboxylic acids is 1. The largest absolute Gasteiger partial charge is 0.472 e. The van der Waals surface area contributed by atoms with Gasteiger partial charge in [-0.3, -0.25) is 13.8 Å². The number of rotatable bonds is 59. The molecule has 468 valence electrons. The molecule has 3 unspecified atom stereocenters. The number of quaternary nitrogens is 1. The zero-order chi connectivity index (χ0) is 59.8. The van der Waals surface area contributed by atoms with E-state index in [-0.39, 0.29) is 19.1 Å². The Kier molecular flexibility index (Phi) is 59.2. The molecule has 0 radical (unpaired) electrons. The second-order valence-electron chi connectivity index (χ2n) is 23.1. The molecule has 1 amide bonds. The standard InChI is InChI=1S/C73H125N2O6P/c1-6-8-10-12-14-16-18-20-22-24-26-28-29-30-31-32-33-34-35-36-37-38-39-40-41-42-43-44-45-47-49-51-53-55-57-59-61-63-65-67-73(77)74-71(70-81-82(78,79)80-69-68-75(3,4)5)72(76)66-64-62-60-58-56-54-52-50-48-46-27-25-23-21-19-17-15-13-11-9-7-2/h8,10,14,16,20,22,26,28,30-31,33-34,36-37,39-40,42-43,45,47,56,58,64,66,71-72,76H,6-7,9,11-13,15,17-19,21,23-25,27,29,32,35,38,41,44,46,48-55,57,59-63,65,67-70H2,1-5H3,(H-,74,77,78,79)/p+1/b10-8-,16-14-,22-20-,28-26-,31-30-,34-33-,37-36-,40-39-,43-42-,47-45-,58-56+,66-64+. The molecular formula is C73H126N2O6P+. The summed E-state index contributed by atoms with van der Waals surface area (Å²) in [5.74, 6) is -0.200. The number of phosphoric ester groups is 1. The zero-order valence-corrected chi connectivity index (χ0v) is 54.3. The van der Waals surface area contributed by atoms with Gasteiger partial charge in [-0.05, 0) is 109 Å². The number of carbonyl (C=O) groups is 1. The van der Waals surface area contributed by atoms with E-state index in [1.54, 1.807) is 6.08 Å². The van der Waals surface area contributed by atoms with E-state index in [1.807, 2.05) is 27.2 Å². The number of nitrogens with one attached hydrogen (secondary N) is 1. The summed E-state index contributed by atoms with van der Waals surface area (Å²) in [4.78, 5) is 23.4. The second-order valence-corrected chi connectivity index (χ2v) is 24.6. The molecule has 8 nitrogen and oxygen atoms in total. The fourth-order valence-corrected chi connectivity index (χ4v) is 9.65. The van der Waals surface area contributed by atoms with E-state index in [4.69, 9.17) is 9.05 Å². The van der Waals surface area contributed by atoms with Gasteiger partial charge in [-0.1, -0.05) is 288 Å². The first-order valence-corrected chi connectivity index (χ1v) is 34.7. The first kappa shape index (κ1) is 78.4. The van der Waals surface area contributed by atoms with E-state index in [0.29, 0.717) is 17.4 Å². The maximum Gasteiger partial charge on any atom is 0.472 e. The Labute approximate surface area is 506 Å². The SMILES string of the molecule is CC/C=C\C/C=C\C/C=C\C/C=C\C/C=C\C/C=C\C/C=C\C/C=C\C/C=C\C/C=C\CCCCCCCCCCC(=O)NC(COP(=O)(O)OCC[N+](C)(C)C)C(O)/C=C/CC/C=C/CCCCCCCCCCCCCCCCC. The van der Waals surface area contributed by atoms with E-state index in [2.05, 4.69) is 153 Å². The molecular weight excluding hydrogens is 1030 g/mol. The Balaban J connectivity index is 4.20. The van der Waals surface area contributed by atoms with Gasteiger partial charge in [-0.2, -0.15) is 0 Å². The van der Waals surface area contributed by atoms with E-state index >= 15 is 0 Å². The van der Waals surface area contributed by atoms with Crippen molar-refractivity contribution in [3.63, 3.8) is 0 Å². The number of aliphatic hydroxyl groups is 1. The lowest BCUT2D eigenvalue weighted by Crippen LogP contribution is -2.45. The number of allylic oxidation sites excluding steroid dienone is 23. The summed E-state index contributed by atoms with van der Waals surface area (Å²) in [6, 6.07) is -0.879. The van der Waals surface area contributed by atoms with Gasteiger partial charge in [-0.25, -0.2) is 4.57 Å². The number of unbranched alkanes of at least 4 members (excludes halogenated alkanes) is 24. The van der Waals surface area contributed by atoms with Crippen molar-refractivity contribution in [2.75, 3.05) is 40.9 Å². The maximum absolute atomic E-state index is 13.0. The van der Waals surface area contributed by atoms with Gasteiger partial charge in [0.2, 0.25) is 5.91 Å². The summed E-state index contributed by atoms with van der Waals surface area (Å²) in [6.45, 7) is 4.68. The van der Waals surface area contributed by atoms with Crippen molar-refractivity contribution in [2.24, 2.45) is 0 Å². The highest BCUT2D eigenvalue weighted by Gasteiger charge is 2.27. The van der Waals surface area contributed by atoms with Crippen molar-refractivity contribution < 1.29 is 32.9 Å². The lowest BCUT2D eigenvalue weighted by Gasteiger charge is -2.25. The van der Waals surface area contributed by atoms with Gasteiger partial charge < -0.3 is 19.8 Å². The van der Waals surface area contributed by atoms with Crippen LogP contribution in [0.25, 0.3) is 0 Å². The molecule has 0 aliphatic rings. The average Bonchev–Trinajstić information content (AvgIpc) is 3.46. The van der Waals surface area contributed by atoms with Crippen LogP contribution < -0.4 is 5.32 Å². The van der Waals surface area contributed by atoms with E-state index in [1.165, 1.54) is 122 Å². The number of likely N-dealkylation sites (N-methyl/N-ethyl adjacent to an activating group) is 1. The van der Waals surface area contributed by atoms with Gasteiger partial charge in [0.05, 0.1) is 39.9 Å². The summed E-state index contributed by atoms with van der Waals surface area (Å²) in [7, 11) is 1.53. The van der Waals surface area contributed by atoms with Crippen molar-refractivity contribution >= 4 is 13.7 Å². The van der Waals surface area contributed by atoms with Crippen LogP contribution >= 0.6 is 7.82 Å². The van der Waals surface area contributed by atoms with Gasteiger partial charge >= 0.3 is 7.82 Å². The summed E-state index contributed by atoms with van der Waals surface area (Å²) >= 11 is 0. The van der Waals surface area contributed by atoms with Gasteiger partial charge in [0.15, 0.2) is 0 Å². The minimum atomic E-state index is -4.37. The highest BCUT2D eigenvalue weighted by molar-refractivity contribution is 7.47. The molecule has 0 spiro atoms. The van der Waals surface area contributed by atoms with E-state index < -0.39 is 20.0 Å². The molecule has 0 heterocycles. The minimum Gasteiger partial charge on any atom is -0.387 e. The fraction of sp³-hybridized carbons (Fsp3) is 0.658. The van der Waals surface area contributed by atoms with Gasteiger partial charge in [0, 0.05) is 6.42 Å². The molecule has 0 aromatic rings. The molecule has 0 saturated heterocycles. The molecule has 0 aromatic heterocycles. The molecule has 3 atom stereocenters. The highest BCUT2D eigenvalue weighted by Crippen LogP contribution is 2.43. The quantitative estimate of drug-likeness (QED) is 0.0243. The molecule has 82 heavy (non-hydrogen) atoms. The Hall–Kier alpha value is -3.62. The van der Waals surface area contributed by atoms with Crippen LogP contribution in [0.4, 0.5) is 0 Å². The predicted molar refractivity (Wildman–Crippen MR) is 359 cm³/mol. The zero-order valence-electron chi connectivity index (χ0n) is 53.4. The Morgan fingerprint density at radius 3 is 1.12 bits per heavy atom. The van der Waals surface area contributed by atoms with Gasteiger partial charge in [0.25, 0.3) is 0 Å². The number of phosphoric acid groups is 1. The van der Waals surface area contributed by atoms with Crippen LogP contribution in [0.3, 0.4) is 0 Å². The molecule has 0 saturated carbocycles. The van der Waals surface area contributed by atoms with Crippen molar-refractivity contribution in [3.05, 3.63) is 146 Å². The van der Waals surface area contributed by atoms with Crippen molar-refractivity contribution in [1.82, 2.24) is 5.32 Å². The third kappa shape index (κ3) is 64.0. The lowest BCUT2D eigenvalue weighted by atomic mass is 10.0. The summed E-state index contributed by atoms with van der Waals surface area (Å²) in [5, 5.41) is 13.9. The van der Waals surface area contributed by atoms with Crippen LogP contribution in [0.15, 0.2) is 146 Å². The summed E-state index contributed by atoms with van der Waals surface area (Å²) in [6.07, 6.45) is 95.4. The van der Waals surface area contributed by atoms with Crippen LogP contribution in [0, 0.1) is 0 Å². The number of nitrogens with zero attached hydrogens (tertiary/aromatic N) is 1. The van der Waals surface area contributed by atoms with E-state index in [0.717, 1.165) is 116 Å². The monoisotopic (exact) mass is 1160 g/mol. The molecule has 0 aliphatic heterocycles. The Bertz CT molecular complexity index is 1840. The lowest BCUT2D eigenvalue weighted by molar-refractivity contribution is -0.870. The highest BCUT2D eigenvalue weighted by atomic mass is 31.2. The molecule has 3 N–H and O–H groups in total. The van der Waals surface area contributed by atoms with Crippen LogP contribution in [-0.2, 0) is 18.4 Å². The molecule has 0 aliphatic carbocycles. The summed E-state index contributed by atoms with van der Waals surface area (Å²) in [5.41, 5.74) is 0. The second kappa shape index (κ2) is 61.9. The van der Waals surface area contributed by atoms with Gasteiger partial charge in [-0.15, -0.1) is 0 Å². The van der Waals surface area contributed by atoms with Crippen LogP contribution in [0.5, 0.6) is 0 Å². The van der Waals surface area contributed by atoms with Crippen molar-refractivity contribution in [2.45, 2.75) is 270 Å².